The van der Waals surface area contributed by atoms with Gasteiger partial charge in [-0.05, 0) is 43.4 Å². The first-order valence-corrected chi connectivity index (χ1v) is 6.81. The van der Waals surface area contributed by atoms with Crippen molar-refractivity contribution in [3.05, 3.63) is 23.8 Å². The number of allylic oxidation sites excluding steroid dienone is 4. The Morgan fingerprint density at radius 1 is 1.29 bits per heavy atom. The number of aliphatic hydroxyl groups excluding tert-OH is 1. The SMILES string of the molecule is CC1=CCCC(CO)(C2(C)CC=CC2(C)C)C1. The summed E-state index contributed by atoms with van der Waals surface area (Å²) in [5.74, 6) is 0. The normalized spacial score (nSPS) is 40.4. The lowest BCUT2D eigenvalue weighted by Crippen LogP contribution is -2.50. The summed E-state index contributed by atoms with van der Waals surface area (Å²) in [4.78, 5) is 0. The average Bonchev–Trinajstić information content (AvgIpc) is 2.54. The molecular weight excluding hydrogens is 208 g/mol. The van der Waals surface area contributed by atoms with E-state index in [9.17, 15) is 5.11 Å². The molecule has 1 nitrogen and oxygen atoms in total. The smallest absolute Gasteiger partial charge is 0.0496 e. The van der Waals surface area contributed by atoms with Crippen LogP contribution in [0.1, 0.15) is 53.4 Å². The summed E-state index contributed by atoms with van der Waals surface area (Å²) in [7, 11) is 0. The van der Waals surface area contributed by atoms with E-state index in [0.29, 0.717) is 6.61 Å². The van der Waals surface area contributed by atoms with Crippen molar-refractivity contribution in [3.63, 3.8) is 0 Å². The number of hydrogen-bond donors (Lipinski definition) is 1. The summed E-state index contributed by atoms with van der Waals surface area (Å²) in [6, 6.07) is 0. The average molecular weight is 234 g/mol. The Morgan fingerprint density at radius 3 is 2.47 bits per heavy atom. The van der Waals surface area contributed by atoms with Crippen molar-refractivity contribution in [2.24, 2.45) is 16.2 Å². The molecule has 0 fully saturated rings. The first-order chi connectivity index (χ1) is 7.87. The summed E-state index contributed by atoms with van der Waals surface area (Å²) in [6.45, 7) is 9.55. The second-order valence-corrected chi connectivity index (χ2v) is 6.86. The zero-order valence-corrected chi connectivity index (χ0v) is 11.7. The van der Waals surface area contributed by atoms with Crippen molar-refractivity contribution in [2.75, 3.05) is 6.61 Å². The Kier molecular flexibility index (Phi) is 3.02. The fraction of sp³-hybridized carbons (Fsp3) is 0.750. The van der Waals surface area contributed by atoms with Gasteiger partial charge in [-0.3, -0.25) is 0 Å². The monoisotopic (exact) mass is 234 g/mol. The van der Waals surface area contributed by atoms with Gasteiger partial charge in [0.25, 0.3) is 0 Å². The van der Waals surface area contributed by atoms with Crippen LogP contribution in [0.5, 0.6) is 0 Å². The van der Waals surface area contributed by atoms with Crippen LogP contribution in [-0.2, 0) is 0 Å². The van der Waals surface area contributed by atoms with E-state index in [4.69, 9.17) is 0 Å². The quantitative estimate of drug-likeness (QED) is 0.714. The van der Waals surface area contributed by atoms with Crippen molar-refractivity contribution in [1.82, 2.24) is 0 Å². The van der Waals surface area contributed by atoms with Gasteiger partial charge in [0.1, 0.15) is 0 Å². The maximum absolute atomic E-state index is 10.1. The predicted molar refractivity (Wildman–Crippen MR) is 72.8 cm³/mol. The van der Waals surface area contributed by atoms with Crippen LogP contribution in [0.2, 0.25) is 0 Å². The molecule has 96 valence electrons. The summed E-state index contributed by atoms with van der Waals surface area (Å²) >= 11 is 0. The third-order valence-corrected chi connectivity index (χ3v) is 5.69. The molecule has 0 amide bonds. The molecule has 0 spiro atoms. The topological polar surface area (TPSA) is 20.2 Å². The molecule has 2 unspecified atom stereocenters. The Bertz CT molecular complexity index is 364. The molecule has 17 heavy (non-hydrogen) atoms. The van der Waals surface area contributed by atoms with Crippen LogP contribution in [0.4, 0.5) is 0 Å². The molecule has 2 atom stereocenters. The van der Waals surface area contributed by atoms with Gasteiger partial charge in [-0.1, -0.05) is 44.6 Å². The highest BCUT2D eigenvalue weighted by Gasteiger charge is 2.56. The van der Waals surface area contributed by atoms with Gasteiger partial charge in [0.05, 0.1) is 0 Å². The maximum atomic E-state index is 10.1. The molecule has 0 aromatic carbocycles. The van der Waals surface area contributed by atoms with Gasteiger partial charge in [-0.25, -0.2) is 0 Å². The maximum Gasteiger partial charge on any atom is 0.0496 e. The first kappa shape index (κ1) is 12.9. The molecule has 0 saturated heterocycles. The van der Waals surface area contributed by atoms with Crippen LogP contribution in [0.3, 0.4) is 0 Å². The minimum Gasteiger partial charge on any atom is -0.396 e. The fourth-order valence-electron chi connectivity index (χ4n) is 4.01. The van der Waals surface area contributed by atoms with Crippen LogP contribution in [0.25, 0.3) is 0 Å². The minimum absolute atomic E-state index is 0.0683. The van der Waals surface area contributed by atoms with Crippen molar-refractivity contribution in [2.45, 2.75) is 53.4 Å². The van der Waals surface area contributed by atoms with Crippen molar-refractivity contribution in [1.29, 1.82) is 0 Å². The molecule has 1 heteroatoms. The molecule has 2 aliphatic rings. The summed E-state index contributed by atoms with van der Waals surface area (Å²) in [5, 5.41) is 10.1. The number of aliphatic hydroxyl groups is 1. The van der Waals surface area contributed by atoms with Crippen LogP contribution in [-0.4, -0.2) is 11.7 Å². The van der Waals surface area contributed by atoms with Gasteiger partial charge >= 0.3 is 0 Å². The van der Waals surface area contributed by atoms with E-state index in [1.54, 1.807) is 0 Å². The van der Waals surface area contributed by atoms with E-state index in [2.05, 4.69) is 45.9 Å². The van der Waals surface area contributed by atoms with Gasteiger partial charge in [-0.15, -0.1) is 0 Å². The zero-order valence-electron chi connectivity index (χ0n) is 11.7. The molecule has 2 rings (SSSR count). The predicted octanol–water partition coefficient (Wildman–Crippen LogP) is 4.09. The Labute approximate surface area is 106 Å². The van der Waals surface area contributed by atoms with Crippen LogP contribution in [0, 0.1) is 16.2 Å². The van der Waals surface area contributed by atoms with Gasteiger partial charge in [-0.2, -0.15) is 0 Å². The lowest BCUT2D eigenvalue weighted by atomic mass is 9.50. The van der Waals surface area contributed by atoms with E-state index in [1.807, 2.05) is 0 Å². The summed E-state index contributed by atoms with van der Waals surface area (Å²) in [5.41, 5.74) is 1.89. The largest absolute Gasteiger partial charge is 0.396 e. The molecule has 2 aliphatic carbocycles. The Balaban J connectivity index is 2.40. The fourth-order valence-corrected chi connectivity index (χ4v) is 4.01. The first-order valence-electron chi connectivity index (χ1n) is 6.81. The Morgan fingerprint density at radius 2 is 2.00 bits per heavy atom. The molecule has 1 N–H and O–H groups in total. The minimum atomic E-state index is 0.0683. The van der Waals surface area contributed by atoms with Crippen molar-refractivity contribution in [3.8, 4) is 0 Å². The highest BCUT2D eigenvalue weighted by Crippen LogP contribution is 2.62. The molecule has 0 aliphatic heterocycles. The van der Waals surface area contributed by atoms with E-state index in [0.717, 1.165) is 25.7 Å². The molecule has 0 aromatic rings. The van der Waals surface area contributed by atoms with E-state index in [-0.39, 0.29) is 16.2 Å². The molecule has 0 aromatic heterocycles. The zero-order chi connectivity index (χ0) is 12.7. The molecule has 0 heterocycles. The van der Waals surface area contributed by atoms with E-state index >= 15 is 0 Å². The highest BCUT2D eigenvalue weighted by atomic mass is 16.3. The van der Waals surface area contributed by atoms with Crippen molar-refractivity contribution < 1.29 is 5.11 Å². The lowest BCUT2D eigenvalue weighted by Gasteiger charge is -2.54. The molecule has 0 radical (unpaired) electrons. The molecule has 0 bridgehead atoms. The second-order valence-electron chi connectivity index (χ2n) is 6.86. The third kappa shape index (κ3) is 1.71. The van der Waals surface area contributed by atoms with Gasteiger partial charge in [0, 0.05) is 12.0 Å². The van der Waals surface area contributed by atoms with Crippen LogP contribution >= 0.6 is 0 Å². The number of hydrogen-bond acceptors (Lipinski definition) is 1. The molecule has 0 saturated carbocycles. The Hall–Kier alpha value is -0.560. The van der Waals surface area contributed by atoms with Gasteiger partial charge in [0.2, 0.25) is 0 Å². The third-order valence-electron chi connectivity index (χ3n) is 5.69. The summed E-state index contributed by atoms with van der Waals surface area (Å²) < 4.78 is 0. The highest BCUT2D eigenvalue weighted by molar-refractivity contribution is 5.22. The molecular formula is C16H26O. The standard InChI is InChI=1S/C16H26O/c1-13-7-5-10-16(11-13,12-17)15(4)9-6-8-14(15,2)3/h6-8,17H,5,9-12H2,1-4H3. The van der Waals surface area contributed by atoms with Gasteiger partial charge < -0.3 is 5.11 Å². The van der Waals surface area contributed by atoms with Crippen molar-refractivity contribution >= 4 is 0 Å². The van der Waals surface area contributed by atoms with E-state index in [1.165, 1.54) is 5.57 Å². The lowest BCUT2D eigenvalue weighted by molar-refractivity contribution is -0.0678. The second kappa shape index (κ2) is 3.98. The van der Waals surface area contributed by atoms with E-state index < -0.39 is 0 Å². The van der Waals surface area contributed by atoms with Crippen LogP contribution < -0.4 is 0 Å². The van der Waals surface area contributed by atoms with Crippen LogP contribution in [0.15, 0.2) is 23.8 Å². The summed E-state index contributed by atoms with van der Waals surface area (Å²) in [6.07, 6.45) is 11.4. The number of rotatable bonds is 2. The van der Waals surface area contributed by atoms with Gasteiger partial charge in [0.15, 0.2) is 0 Å².